The van der Waals surface area contributed by atoms with Gasteiger partial charge in [-0.05, 0) is 43.0 Å². The van der Waals surface area contributed by atoms with E-state index in [9.17, 15) is 4.79 Å². The van der Waals surface area contributed by atoms with Crippen molar-refractivity contribution in [3.05, 3.63) is 28.8 Å². The normalized spacial score (nSPS) is 10.8. The van der Waals surface area contributed by atoms with Crippen molar-refractivity contribution in [1.29, 1.82) is 0 Å². The van der Waals surface area contributed by atoms with Crippen molar-refractivity contribution in [2.75, 3.05) is 20.2 Å². The Hall–Kier alpha value is -1.55. The standard InChI is InChI=1S/C17H28N2O2/c1-12(2)10-19-11-15-8-13(3)17(14(4)9-15)21-7-6-16(20)18-5/h8-9,12,19H,6-7,10-11H2,1-5H3,(H,18,20). The third-order valence-electron chi connectivity index (χ3n) is 3.26. The highest BCUT2D eigenvalue weighted by molar-refractivity contribution is 5.75. The highest BCUT2D eigenvalue weighted by Gasteiger charge is 2.08. The maximum atomic E-state index is 11.2. The summed E-state index contributed by atoms with van der Waals surface area (Å²) in [7, 11) is 1.64. The lowest BCUT2D eigenvalue weighted by Crippen LogP contribution is -2.20. The summed E-state index contributed by atoms with van der Waals surface area (Å²) in [6.07, 6.45) is 0.382. The van der Waals surface area contributed by atoms with Crippen molar-refractivity contribution in [1.82, 2.24) is 10.6 Å². The van der Waals surface area contributed by atoms with Crippen LogP contribution in [-0.2, 0) is 11.3 Å². The van der Waals surface area contributed by atoms with E-state index in [0.717, 1.165) is 30.0 Å². The van der Waals surface area contributed by atoms with E-state index >= 15 is 0 Å². The number of carbonyl (C=O) groups excluding carboxylic acids is 1. The fraction of sp³-hybridized carbons (Fsp3) is 0.588. The lowest BCUT2D eigenvalue weighted by Gasteiger charge is -2.15. The fourth-order valence-electron chi connectivity index (χ4n) is 2.25. The van der Waals surface area contributed by atoms with Gasteiger partial charge >= 0.3 is 0 Å². The van der Waals surface area contributed by atoms with E-state index in [-0.39, 0.29) is 5.91 Å². The zero-order valence-electron chi connectivity index (χ0n) is 13.9. The lowest BCUT2D eigenvalue weighted by atomic mass is 10.1. The second-order valence-electron chi connectivity index (χ2n) is 5.86. The highest BCUT2D eigenvalue weighted by Crippen LogP contribution is 2.25. The zero-order valence-corrected chi connectivity index (χ0v) is 13.9. The summed E-state index contributed by atoms with van der Waals surface area (Å²) < 4.78 is 5.76. The first-order chi connectivity index (χ1) is 9.93. The second kappa shape index (κ2) is 8.67. The van der Waals surface area contributed by atoms with Crippen LogP contribution in [0.15, 0.2) is 12.1 Å². The molecule has 0 heterocycles. The van der Waals surface area contributed by atoms with Crippen LogP contribution in [-0.4, -0.2) is 26.1 Å². The van der Waals surface area contributed by atoms with E-state index in [1.807, 2.05) is 13.8 Å². The summed E-state index contributed by atoms with van der Waals surface area (Å²) in [4.78, 5) is 11.2. The van der Waals surface area contributed by atoms with Crippen molar-refractivity contribution < 1.29 is 9.53 Å². The van der Waals surface area contributed by atoms with Gasteiger partial charge < -0.3 is 15.4 Å². The molecule has 0 fully saturated rings. The van der Waals surface area contributed by atoms with E-state index in [4.69, 9.17) is 4.74 Å². The molecule has 118 valence electrons. The maximum Gasteiger partial charge on any atom is 0.223 e. The van der Waals surface area contributed by atoms with Gasteiger partial charge in [-0.1, -0.05) is 26.0 Å². The van der Waals surface area contributed by atoms with Crippen molar-refractivity contribution in [3.8, 4) is 5.75 Å². The first-order valence-electron chi connectivity index (χ1n) is 7.58. The minimum atomic E-state index is -0.000174. The summed E-state index contributed by atoms with van der Waals surface area (Å²) in [6.45, 7) is 10.8. The second-order valence-corrected chi connectivity index (χ2v) is 5.86. The number of ether oxygens (including phenoxy) is 1. The van der Waals surface area contributed by atoms with Crippen molar-refractivity contribution >= 4 is 5.91 Å². The molecule has 0 atom stereocenters. The van der Waals surface area contributed by atoms with Crippen LogP contribution < -0.4 is 15.4 Å². The predicted octanol–water partition coefficient (Wildman–Crippen LogP) is 2.56. The number of hydrogen-bond acceptors (Lipinski definition) is 3. The number of benzene rings is 1. The minimum absolute atomic E-state index is 0.000174. The number of rotatable bonds is 8. The molecular formula is C17H28N2O2. The Morgan fingerprint density at radius 1 is 1.24 bits per heavy atom. The molecule has 1 aromatic rings. The molecule has 0 aliphatic heterocycles. The predicted molar refractivity (Wildman–Crippen MR) is 86.6 cm³/mol. The molecule has 0 radical (unpaired) electrons. The minimum Gasteiger partial charge on any atom is -0.493 e. The molecule has 1 amide bonds. The molecule has 4 heteroatoms. The smallest absolute Gasteiger partial charge is 0.223 e. The van der Waals surface area contributed by atoms with E-state index in [2.05, 4.69) is 36.6 Å². The average molecular weight is 292 g/mol. The Balaban J connectivity index is 2.60. The molecule has 0 aromatic heterocycles. The van der Waals surface area contributed by atoms with Crippen LogP contribution in [0.3, 0.4) is 0 Å². The van der Waals surface area contributed by atoms with Gasteiger partial charge in [0.2, 0.25) is 5.91 Å². The largest absolute Gasteiger partial charge is 0.493 e. The quantitative estimate of drug-likeness (QED) is 0.774. The van der Waals surface area contributed by atoms with Crippen LogP contribution in [0.1, 0.15) is 37.0 Å². The van der Waals surface area contributed by atoms with Crippen LogP contribution in [0.5, 0.6) is 5.75 Å². The molecule has 0 saturated carbocycles. The Morgan fingerprint density at radius 2 is 1.86 bits per heavy atom. The molecule has 0 aliphatic carbocycles. The molecule has 0 bridgehead atoms. The molecule has 0 aliphatic rings. The van der Waals surface area contributed by atoms with E-state index in [1.54, 1.807) is 7.05 Å². The van der Waals surface area contributed by atoms with E-state index in [0.29, 0.717) is 18.9 Å². The first-order valence-corrected chi connectivity index (χ1v) is 7.58. The van der Waals surface area contributed by atoms with Crippen LogP contribution in [0.2, 0.25) is 0 Å². The third kappa shape index (κ3) is 6.17. The maximum absolute atomic E-state index is 11.2. The Labute approximate surface area is 128 Å². The number of carbonyl (C=O) groups is 1. The van der Waals surface area contributed by atoms with Gasteiger partial charge in [-0.2, -0.15) is 0 Å². The Bertz CT molecular complexity index is 447. The Kier molecular flexibility index (Phi) is 7.23. The van der Waals surface area contributed by atoms with Gasteiger partial charge in [0.25, 0.3) is 0 Å². The zero-order chi connectivity index (χ0) is 15.8. The van der Waals surface area contributed by atoms with Gasteiger partial charge in [-0.3, -0.25) is 4.79 Å². The van der Waals surface area contributed by atoms with E-state index < -0.39 is 0 Å². The molecule has 21 heavy (non-hydrogen) atoms. The van der Waals surface area contributed by atoms with Crippen molar-refractivity contribution in [3.63, 3.8) is 0 Å². The number of aryl methyl sites for hydroxylation is 2. The van der Waals surface area contributed by atoms with Gasteiger partial charge in [-0.15, -0.1) is 0 Å². The average Bonchev–Trinajstić information content (AvgIpc) is 2.41. The van der Waals surface area contributed by atoms with Crippen LogP contribution in [0.25, 0.3) is 0 Å². The summed E-state index contributed by atoms with van der Waals surface area (Å²) in [5.74, 6) is 1.55. The fourth-order valence-corrected chi connectivity index (χ4v) is 2.25. The first kappa shape index (κ1) is 17.5. The number of amides is 1. The van der Waals surface area contributed by atoms with E-state index in [1.165, 1.54) is 5.56 Å². The molecule has 1 rings (SSSR count). The van der Waals surface area contributed by atoms with Gasteiger partial charge in [0.1, 0.15) is 5.75 Å². The Morgan fingerprint density at radius 3 is 2.38 bits per heavy atom. The van der Waals surface area contributed by atoms with Gasteiger partial charge in [-0.25, -0.2) is 0 Å². The van der Waals surface area contributed by atoms with Crippen LogP contribution >= 0.6 is 0 Å². The van der Waals surface area contributed by atoms with Crippen LogP contribution in [0.4, 0.5) is 0 Å². The van der Waals surface area contributed by atoms with Crippen LogP contribution in [0, 0.1) is 19.8 Å². The molecule has 4 nitrogen and oxygen atoms in total. The monoisotopic (exact) mass is 292 g/mol. The summed E-state index contributed by atoms with van der Waals surface area (Å²) in [5, 5.41) is 6.04. The van der Waals surface area contributed by atoms with Gasteiger partial charge in [0.15, 0.2) is 0 Å². The third-order valence-corrected chi connectivity index (χ3v) is 3.26. The molecule has 0 unspecified atom stereocenters. The van der Waals surface area contributed by atoms with Gasteiger partial charge in [0, 0.05) is 13.6 Å². The summed E-state index contributed by atoms with van der Waals surface area (Å²) in [6, 6.07) is 4.30. The van der Waals surface area contributed by atoms with Crippen molar-refractivity contribution in [2.24, 2.45) is 5.92 Å². The van der Waals surface area contributed by atoms with Gasteiger partial charge in [0.05, 0.1) is 13.0 Å². The lowest BCUT2D eigenvalue weighted by molar-refractivity contribution is -0.121. The molecule has 1 aromatic carbocycles. The number of hydrogen-bond donors (Lipinski definition) is 2. The van der Waals surface area contributed by atoms with Crippen molar-refractivity contribution in [2.45, 2.75) is 40.7 Å². The highest BCUT2D eigenvalue weighted by atomic mass is 16.5. The summed E-state index contributed by atoms with van der Waals surface area (Å²) in [5.41, 5.74) is 3.51. The summed E-state index contributed by atoms with van der Waals surface area (Å²) >= 11 is 0. The SMILES string of the molecule is CNC(=O)CCOc1c(C)cc(CNCC(C)C)cc1C. The molecule has 0 spiro atoms. The molecular weight excluding hydrogens is 264 g/mol. The molecule has 2 N–H and O–H groups in total. The molecule has 0 saturated heterocycles. The topological polar surface area (TPSA) is 50.4 Å². The number of nitrogens with one attached hydrogen (secondary N) is 2.